The molecule has 0 radical (unpaired) electrons. The molecule has 1 amide bonds. The number of alkyl halides is 2. The SMILES string of the molecule is CC1CCC(N(C(=O)c2ccc(S(=O)(=O)C(F)F)cc2)C2CC2)CC1. The van der Waals surface area contributed by atoms with Gasteiger partial charge in [0.25, 0.3) is 5.91 Å². The van der Waals surface area contributed by atoms with Gasteiger partial charge in [-0.15, -0.1) is 0 Å². The second-order valence-electron chi connectivity index (χ2n) is 7.19. The van der Waals surface area contributed by atoms with Crippen LogP contribution in [0.25, 0.3) is 0 Å². The minimum atomic E-state index is -4.63. The van der Waals surface area contributed by atoms with Crippen molar-refractivity contribution in [3.8, 4) is 0 Å². The van der Waals surface area contributed by atoms with Crippen molar-refractivity contribution in [1.82, 2.24) is 4.90 Å². The van der Waals surface area contributed by atoms with Gasteiger partial charge in [0, 0.05) is 17.6 Å². The number of hydrogen-bond acceptors (Lipinski definition) is 3. The van der Waals surface area contributed by atoms with Gasteiger partial charge in [-0.05, 0) is 68.7 Å². The summed E-state index contributed by atoms with van der Waals surface area (Å²) < 4.78 is 48.2. The molecule has 4 nitrogen and oxygen atoms in total. The van der Waals surface area contributed by atoms with Crippen molar-refractivity contribution in [2.24, 2.45) is 5.92 Å². The minimum Gasteiger partial charge on any atom is -0.333 e. The first kappa shape index (κ1) is 18.3. The van der Waals surface area contributed by atoms with Crippen LogP contribution in [-0.4, -0.2) is 37.1 Å². The van der Waals surface area contributed by atoms with Gasteiger partial charge in [0.1, 0.15) is 0 Å². The molecule has 138 valence electrons. The number of carbonyl (C=O) groups is 1. The third kappa shape index (κ3) is 3.86. The van der Waals surface area contributed by atoms with Crippen LogP contribution in [-0.2, 0) is 9.84 Å². The van der Waals surface area contributed by atoms with Gasteiger partial charge in [0.15, 0.2) is 0 Å². The molecule has 0 heterocycles. The number of sulfone groups is 1. The highest BCUT2D eigenvalue weighted by Gasteiger charge is 2.38. The molecule has 0 aromatic heterocycles. The van der Waals surface area contributed by atoms with Crippen molar-refractivity contribution < 1.29 is 22.0 Å². The lowest BCUT2D eigenvalue weighted by atomic mass is 9.86. The Bertz CT molecular complexity index is 721. The van der Waals surface area contributed by atoms with Crippen LogP contribution in [0.5, 0.6) is 0 Å². The number of benzene rings is 1. The number of carbonyl (C=O) groups excluding carboxylic acids is 1. The number of nitrogens with zero attached hydrogens (tertiary/aromatic N) is 1. The zero-order valence-corrected chi connectivity index (χ0v) is 15.0. The quantitative estimate of drug-likeness (QED) is 0.790. The highest BCUT2D eigenvalue weighted by molar-refractivity contribution is 7.91. The van der Waals surface area contributed by atoms with E-state index in [1.54, 1.807) is 0 Å². The molecule has 1 aromatic carbocycles. The van der Waals surface area contributed by atoms with Crippen molar-refractivity contribution in [3.63, 3.8) is 0 Å². The summed E-state index contributed by atoms with van der Waals surface area (Å²) in [5.74, 6) is -2.89. The Hall–Kier alpha value is -1.50. The first-order chi connectivity index (χ1) is 11.8. The summed E-state index contributed by atoms with van der Waals surface area (Å²) in [6.45, 7) is 2.22. The van der Waals surface area contributed by atoms with Gasteiger partial charge < -0.3 is 4.90 Å². The highest BCUT2D eigenvalue weighted by atomic mass is 32.2. The summed E-state index contributed by atoms with van der Waals surface area (Å²) in [6.07, 6.45) is 6.17. The second-order valence-corrected chi connectivity index (χ2v) is 9.11. The van der Waals surface area contributed by atoms with Crippen LogP contribution in [0.3, 0.4) is 0 Å². The van der Waals surface area contributed by atoms with E-state index >= 15 is 0 Å². The summed E-state index contributed by atoms with van der Waals surface area (Å²) in [7, 11) is -4.63. The number of rotatable bonds is 5. The summed E-state index contributed by atoms with van der Waals surface area (Å²) in [4.78, 5) is 14.4. The Kier molecular flexibility index (Phi) is 5.14. The lowest BCUT2D eigenvalue weighted by Gasteiger charge is -2.36. The number of halogens is 2. The van der Waals surface area contributed by atoms with Gasteiger partial charge in [-0.25, -0.2) is 8.42 Å². The monoisotopic (exact) mass is 371 g/mol. The Morgan fingerprint density at radius 2 is 1.48 bits per heavy atom. The smallest absolute Gasteiger partial charge is 0.333 e. The molecule has 2 saturated carbocycles. The van der Waals surface area contributed by atoms with Crippen LogP contribution in [0.2, 0.25) is 0 Å². The fraction of sp³-hybridized carbons (Fsp3) is 0.611. The summed E-state index contributed by atoms with van der Waals surface area (Å²) >= 11 is 0. The van der Waals surface area contributed by atoms with Gasteiger partial charge in [0.2, 0.25) is 9.84 Å². The van der Waals surface area contributed by atoms with Crippen LogP contribution in [0.4, 0.5) is 8.78 Å². The molecule has 0 bridgehead atoms. The van der Waals surface area contributed by atoms with Crippen LogP contribution >= 0.6 is 0 Å². The minimum absolute atomic E-state index is 0.122. The zero-order chi connectivity index (χ0) is 18.2. The van der Waals surface area contributed by atoms with Crippen LogP contribution in [0.15, 0.2) is 29.2 Å². The van der Waals surface area contributed by atoms with E-state index in [2.05, 4.69) is 6.92 Å². The number of hydrogen-bond donors (Lipinski definition) is 0. The molecule has 7 heteroatoms. The first-order valence-electron chi connectivity index (χ1n) is 8.75. The normalized spacial score (nSPS) is 24.3. The topological polar surface area (TPSA) is 54.5 Å². The van der Waals surface area contributed by atoms with E-state index < -0.39 is 20.5 Å². The van der Waals surface area contributed by atoms with Gasteiger partial charge in [-0.2, -0.15) is 8.78 Å². The fourth-order valence-electron chi connectivity index (χ4n) is 3.54. The summed E-state index contributed by atoms with van der Waals surface area (Å²) in [5.41, 5.74) is 0.360. The molecule has 3 rings (SSSR count). The van der Waals surface area contributed by atoms with Gasteiger partial charge >= 0.3 is 5.76 Å². The molecule has 0 N–H and O–H groups in total. The maximum absolute atomic E-state index is 12.9. The molecule has 0 spiro atoms. The van der Waals surface area contributed by atoms with E-state index in [1.807, 2.05) is 4.90 Å². The molecule has 0 saturated heterocycles. The molecule has 25 heavy (non-hydrogen) atoms. The average Bonchev–Trinajstić information content (AvgIpc) is 3.41. The molecule has 0 atom stereocenters. The Balaban J connectivity index is 1.79. The van der Waals surface area contributed by atoms with Crippen LogP contribution in [0.1, 0.15) is 55.8 Å². The third-order valence-electron chi connectivity index (χ3n) is 5.22. The predicted octanol–water partition coefficient (Wildman–Crippen LogP) is 3.87. The standard InChI is InChI=1S/C18H23F2NO3S/c1-12-2-6-14(7-3-12)21(15-8-9-15)17(22)13-4-10-16(11-5-13)25(23,24)18(19)20/h4-5,10-12,14-15,18H,2-3,6-9H2,1H3. The fourth-order valence-corrected chi connectivity index (χ4v) is 4.26. The molecular weight excluding hydrogens is 348 g/mol. The predicted molar refractivity (Wildman–Crippen MR) is 90.2 cm³/mol. The Labute approximate surface area is 147 Å². The lowest BCUT2D eigenvalue weighted by Crippen LogP contribution is -2.43. The molecule has 2 fully saturated rings. The summed E-state index contributed by atoms with van der Waals surface area (Å²) in [6, 6.07) is 5.37. The molecule has 2 aliphatic rings. The van der Waals surface area contributed by atoms with Crippen molar-refractivity contribution in [1.29, 1.82) is 0 Å². The van der Waals surface area contributed by atoms with Gasteiger partial charge in [-0.1, -0.05) is 6.92 Å². The van der Waals surface area contributed by atoms with Gasteiger partial charge in [0.05, 0.1) is 4.90 Å². The van der Waals surface area contributed by atoms with Gasteiger partial charge in [-0.3, -0.25) is 4.79 Å². The van der Waals surface area contributed by atoms with E-state index in [0.29, 0.717) is 11.5 Å². The second kappa shape index (κ2) is 7.02. The molecule has 0 unspecified atom stereocenters. The largest absolute Gasteiger partial charge is 0.341 e. The van der Waals surface area contributed by atoms with Crippen molar-refractivity contribution in [2.75, 3.05) is 0 Å². The number of amides is 1. The van der Waals surface area contributed by atoms with Crippen molar-refractivity contribution >= 4 is 15.7 Å². The van der Waals surface area contributed by atoms with Crippen LogP contribution in [0, 0.1) is 5.92 Å². The van der Waals surface area contributed by atoms with E-state index in [9.17, 15) is 22.0 Å². The third-order valence-corrected chi connectivity index (χ3v) is 6.62. The van der Waals surface area contributed by atoms with E-state index in [4.69, 9.17) is 0 Å². The van der Waals surface area contributed by atoms with E-state index in [-0.39, 0.29) is 18.0 Å². The zero-order valence-electron chi connectivity index (χ0n) is 14.2. The molecule has 1 aromatic rings. The maximum Gasteiger partial charge on any atom is 0.341 e. The van der Waals surface area contributed by atoms with Crippen molar-refractivity contribution in [2.45, 2.75) is 68.2 Å². The molecular formula is C18H23F2NO3S. The van der Waals surface area contributed by atoms with Crippen LogP contribution < -0.4 is 0 Å². The van der Waals surface area contributed by atoms with E-state index in [1.165, 1.54) is 12.1 Å². The molecule has 0 aliphatic heterocycles. The highest BCUT2D eigenvalue weighted by Crippen LogP contribution is 2.36. The Morgan fingerprint density at radius 3 is 1.92 bits per heavy atom. The lowest BCUT2D eigenvalue weighted by molar-refractivity contribution is 0.0593. The average molecular weight is 371 g/mol. The summed E-state index contributed by atoms with van der Waals surface area (Å²) in [5, 5.41) is 0. The Morgan fingerprint density at radius 1 is 1.00 bits per heavy atom. The molecule has 2 aliphatic carbocycles. The maximum atomic E-state index is 12.9. The van der Waals surface area contributed by atoms with E-state index in [0.717, 1.165) is 50.7 Å². The van der Waals surface area contributed by atoms with Crippen molar-refractivity contribution in [3.05, 3.63) is 29.8 Å². The first-order valence-corrected chi connectivity index (χ1v) is 10.3.